The van der Waals surface area contributed by atoms with Crippen molar-refractivity contribution in [1.82, 2.24) is 5.32 Å². The maximum Gasteiger partial charge on any atom is 0.338 e. The third-order valence-electron chi connectivity index (χ3n) is 6.18. The fourth-order valence-electron chi connectivity index (χ4n) is 4.32. The van der Waals surface area contributed by atoms with E-state index in [1.807, 2.05) is 12.1 Å². The Hall–Kier alpha value is -2.82. The molecule has 0 bridgehead atoms. The van der Waals surface area contributed by atoms with E-state index in [0.717, 1.165) is 37.4 Å². The van der Waals surface area contributed by atoms with Crippen LogP contribution in [0.25, 0.3) is 0 Å². The number of carbonyl (C=O) groups is 2. The molecule has 1 amide bonds. The zero-order chi connectivity index (χ0) is 22.9. The predicted octanol–water partition coefficient (Wildman–Crippen LogP) is 5.30. The van der Waals surface area contributed by atoms with E-state index in [4.69, 9.17) is 4.74 Å². The monoisotopic (exact) mass is 436 g/mol. The van der Waals surface area contributed by atoms with Gasteiger partial charge in [0.2, 0.25) is 5.91 Å². The van der Waals surface area contributed by atoms with E-state index in [-0.39, 0.29) is 24.3 Å². The van der Waals surface area contributed by atoms with Gasteiger partial charge in [0.15, 0.2) is 0 Å². The van der Waals surface area contributed by atoms with E-state index in [9.17, 15) is 9.59 Å². The predicted molar refractivity (Wildman–Crippen MR) is 129 cm³/mol. The molecule has 5 nitrogen and oxygen atoms in total. The quantitative estimate of drug-likeness (QED) is 0.542. The van der Waals surface area contributed by atoms with Gasteiger partial charge in [-0.2, -0.15) is 0 Å². The van der Waals surface area contributed by atoms with Gasteiger partial charge in [0.1, 0.15) is 0 Å². The van der Waals surface area contributed by atoms with E-state index in [0.29, 0.717) is 12.2 Å². The number of hydrogen-bond acceptors (Lipinski definition) is 4. The first-order valence-corrected chi connectivity index (χ1v) is 11.9. The van der Waals surface area contributed by atoms with Crippen molar-refractivity contribution in [2.45, 2.75) is 58.9 Å². The Morgan fingerprint density at radius 2 is 1.75 bits per heavy atom. The number of esters is 1. The Balaban J connectivity index is 1.69. The van der Waals surface area contributed by atoms with Crippen molar-refractivity contribution >= 4 is 17.6 Å². The van der Waals surface area contributed by atoms with Crippen molar-refractivity contribution in [2.24, 2.45) is 5.92 Å². The van der Waals surface area contributed by atoms with Crippen molar-refractivity contribution in [3.05, 3.63) is 65.2 Å². The molecule has 0 aromatic heterocycles. The van der Waals surface area contributed by atoms with Crippen LogP contribution in [0.1, 0.15) is 74.0 Å². The second kappa shape index (κ2) is 11.7. The molecular formula is C27H36N2O3. The van der Waals surface area contributed by atoms with Crippen LogP contribution in [0.2, 0.25) is 0 Å². The van der Waals surface area contributed by atoms with Crippen LogP contribution < -0.4 is 10.2 Å². The summed E-state index contributed by atoms with van der Waals surface area (Å²) in [6.45, 7) is 8.74. The van der Waals surface area contributed by atoms with Crippen molar-refractivity contribution in [3.63, 3.8) is 0 Å². The molecule has 1 unspecified atom stereocenters. The number of hydrogen-bond donors (Lipinski definition) is 1. The fourth-order valence-corrected chi connectivity index (χ4v) is 4.32. The van der Waals surface area contributed by atoms with Crippen LogP contribution in [0, 0.1) is 5.92 Å². The number of carbonyl (C=O) groups excluding carboxylic acids is 2. The highest BCUT2D eigenvalue weighted by Crippen LogP contribution is 2.32. The first kappa shape index (κ1) is 23.8. The molecule has 1 aliphatic rings. The van der Waals surface area contributed by atoms with Gasteiger partial charge in [0.05, 0.1) is 24.6 Å². The first-order valence-electron chi connectivity index (χ1n) is 11.9. The van der Waals surface area contributed by atoms with Crippen LogP contribution in [-0.2, 0) is 16.0 Å². The molecule has 1 heterocycles. The normalized spacial score (nSPS) is 15.3. The number of nitrogens with one attached hydrogen (secondary N) is 1. The molecule has 1 N–H and O–H groups in total. The first-order chi connectivity index (χ1) is 15.5. The van der Waals surface area contributed by atoms with E-state index >= 15 is 0 Å². The number of benzene rings is 2. The summed E-state index contributed by atoms with van der Waals surface area (Å²) >= 11 is 0. The van der Waals surface area contributed by atoms with Crippen molar-refractivity contribution < 1.29 is 14.3 Å². The van der Waals surface area contributed by atoms with E-state index in [1.165, 1.54) is 24.1 Å². The van der Waals surface area contributed by atoms with Gasteiger partial charge in [0, 0.05) is 18.8 Å². The summed E-state index contributed by atoms with van der Waals surface area (Å²) in [7, 11) is 0. The zero-order valence-corrected chi connectivity index (χ0v) is 19.6. The smallest absolute Gasteiger partial charge is 0.338 e. The summed E-state index contributed by atoms with van der Waals surface area (Å²) in [5.74, 6) is 0.435. The highest BCUT2D eigenvalue weighted by atomic mass is 16.5. The van der Waals surface area contributed by atoms with Crippen molar-refractivity contribution in [1.29, 1.82) is 0 Å². The van der Waals surface area contributed by atoms with Gasteiger partial charge in [-0.1, -0.05) is 50.6 Å². The summed E-state index contributed by atoms with van der Waals surface area (Å²) in [5.41, 5.74) is 3.83. The van der Waals surface area contributed by atoms with Crippen molar-refractivity contribution in [2.75, 3.05) is 24.6 Å². The van der Waals surface area contributed by atoms with Crippen LogP contribution in [-0.4, -0.2) is 31.6 Å². The van der Waals surface area contributed by atoms with Crippen LogP contribution in [0.15, 0.2) is 48.5 Å². The number of amides is 1. The van der Waals surface area contributed by atoms with E-state index < -0.39 is 0 Å². The summed E-state index contributed by atoms with van der Waals surface area (Å²) in [6, 6.07) is 15.6. The number of anilines is 1. The molecule has 1 saturated heterocycles. The average Bonchev–Trinajstić information content (AvgIpc) is 2.80. The Bertz CT molecular complexity index is 886. The molecule has 5 heteroatoms. The fraction of sp³-hybridized carbons (Fsp3) is 0.481. The Morgan fingerprint density at radius 3 is 2.41 bits per heavy atom. The van der Waals surface area contributed by atoms with Crippen LogP contribution in [0.5, 0.6) is 0 Å². The minimum atomic E-state index is -0.338. The number of rotatable bonds is 9. The van der Waals surface area contributed by atoms with E-state index in [2.05, 4.69) is 48.3 Å². The van der Waals surface area contributed by atoms with Gasteiger partial charge < -0.3 is 15.0 Å². The third-order valence-corrected chi connectivity index (χ3v) is 6.18. The Labute approximate surface area is 192 Å². The molecule has 2 aromatic rings. The van der Waals surface area contributed by atoms with Gasteiger partial charge in [-0.15, -0.1) is 0 Å². The Morgan fingerprint density at radius 1 is 1.06 bits per heavy atom. The summed E-state index contributed by atoms with van der Waals surface area (Å²) in [5, 5.41) is 3.27. The minimum Gasteiger partial charge on any atom is -0.462 e. The molecule has 0 aliphatic carbocycles. The van der Waals surface area contributed by atoms with Crippen LogP contribution in [0.3, 0.4) is 0 Å². The lowest BCUT2D eigenvalue weighted by Crippen LogP contribution is -2.35. The molecule has 1 atom stereocenters. The SMILES string of the molecule is CCCC(NC(=O)Cc1ccc(C(=O)OCC)cc1)c1ccccc1N1CCC(C)CC1. The molecule has 0 spiro atoms. The molecule has 0 radical (unpaired) electrons. The summed E-state index contributed by atoms with van der Waals surface area (Å²) in [6.07, 6.45) is 4.59. The number of para-hydroxylation sites is 1. The zero-order valence-electron chi connectivity index (χ0n) is 19.6. The molecule has 32 heavy (non-hydrogen) atoms. The minimum absolute atomic E-state index is 0.00518. The topological polar surface area (TPSA) is 58.6 Å². The maximum absolute atomic E-state index is 12.9. The van der Waals surface area contributed by atoms with Gasteiger partial charge >= 0.3 is 5.97 Å². The molecule has 3 rings (SSSR count). The maximum atomic E-state index is 12.9. The second-order valence-corrected chi connectivity index (χ2v) is 8.73. The molecule has 172 valence electrons. The molecular weight excluding hydrogens is 400 g/mol. The van der Waals surface area contributed by atoms with Crippen LogP contribution >= 0.6 is 0 Å². The third kappa shape index (κ3) is 6.35. The summed E-state index contributed by atoms with van der Waals surface area (Å²) < 4.78 is 5.02. The highest BCUT2D eigenvalue weighted by molar-refractivity contribution is 5.89. The lowest BCUT2D eigenvalue weighted by Gasteiger charge is -2.35. The molecule has 1 aliphatic heterocycles. The molecule has 0 saturated carbocycles. The number of piperidine rings is 1. The van der Waals surface area contributed by atoms with Gasteiger partial charge in [0.25, 0.3) is 0 Å². The largest absolute Gasteiger partial charge is 0.462 e. The highest BCUT2D eigenvalue weighted by Gasteiger charge is 2.23. The van der Waals surface area contributed by atoms with Gasteiger partial charge in [-0.25, -0.2) is 4.79 Å². The molecule has 1 fully saturated rings. The standard InChI is InChI=1S/C27H36N2O3/c1-4-8-24(23-9-6-7-10-25(23)29-17-15-20(3)16-18-29)28-26(30)19-21-11-13-22(14-12-21)27(31)32-5-2/h6-7,9-14,20,24H,4-5,8,15-19H2,1-3H3,(H,28,30). The average molecular weight is 437 g/mol. The lowest BCUT2D eigenvalue weighted by atomic mass is 9.95. The van der Waals surface area contributed by atoms with Gasteiger partial charge in [-0.05, 0) is 61.4 Å². The lowest BCUT2D eigenvalue weighted by molar-refractivity contribution is -0.121. The van der Waals surface area contributed by atoms with Crippen molar-refractivity contribution in [3.8, 4) is 0 Å². The Kier molecular flexibility index (Phi) is 8.72. The second-order valence-electron chi connectivity index (χ2n) is 8.73. The number of nitrogens with zero attached hydrogens (tertiary/aromatic N) is 1. The molecule has 2 aromatic carbocycles. The van der Waals surface area contributed by atoms with Gasteiger partial charge in [-0.3, -0.25) is 4.79 Å². The number of ether oxygens (including phenoxy) is 1. The van der Waals surface area contributed by atoms with Crippen LogP contribution in [0.4, 0.5) is 5.69 Å². The van der Waals surface area contributed by atoms with E-state index in [1.54, 1.807) is 19.1 Å². The summed E-state index contributed by atoms with van der Waals surface area (Å²) in [4.78, 5) is 27.2.